The van der Waals surface area contributed by atoms with Crippen molar-refractivity contribution in [2.24, 2.45) is 0 Å². The van der Waals surface area contributed by atoms with E-state index in [4.69, 9.17) is 23.2 Å². The van der Waals surface area contributed by atoms with Crippen molar-refractivity contribution in [1.82, 2.24) is 15.0 Å². The van der Waals surface area contributed by atoms with E-state index in [2.05, 4.69) is 20.3 Å². The Kier molecular flexibility index (Phi) is 4.63. The predicted molar refractivity (Wildman–Crippen MR) is 74.6 cm³/mol. The lowest BCUT2D eigenvalue weighted by Gasteiger charge is -2.04. The minimum atomic E-state index is 0.178. The van der Waals surface area contributed by atoms with Gasteiger partial charge in [0.15, 0.2) is 5.16 Å². The van der Waals surface area contributed by atoms with Crippen molar-refractivity contribution in [2.75, 3.05) is 11.9 Å². The molecule has 1 N–H and O–H groups in total. The first-order valence-corrected chi connectivity index (χ1v) is 6.83. The summed E-state index contributed by atoms with van der Waals surface area (Å²) in [5.74, 6) is 0.481. The van der Waals surface area contributed by atoms with Crippen LogP contribution in [0.1, 0.15) is 6.92 Å². The number of nitrogens with zero attached hydrogens (tertiary/aromatic N) is 3. The van der Waals surface area contributed by atoms with Crippen LogP contribution in [0.25, 0.3) is 0 Å². The monoisotopic (exact) mass is 300 g/mol. The lowest BCUT2D eigenvalue weighted by molar-refractivity contribution is 0.898. The Hall–Kier alpha value is -1.04. The van der Waals surface area contributed by atoms with Crippen LogP contribution < -0.4 is 5.32 Å². The highest BCUT2D eigenvalue weighted by molar-refractivity contribution is 7.99. The van der Waals surface area contributed by atoms with Gasteiger partial charge in [-0.1, -0.05) is 11.6 Å². The van der Waals surface area contributed by atoms with Crippen molar-refractivity contribution >= 4 is 40.9 Å². The smallest absolute Gasteiger partial charge is 0.228 e. The van der Waals surface area contributed by atoms with Crippen molar-refractivity contribution in [3.05, 3.63) is 34.6 Å². The van der Waals surface area contributed by atoms with Crippen molar-refractivity contribution in [1.29, 1.82) is 0 Å². The van der Waals surface area contributed by atoms with Gasteiger partial charge >= 0.3 is 0 Å². The molecule has 7 heteroatoms. The molecule has 0 aliphatic carbocycles. The molecule has 1 aromatic heterocycles. The fourth-order valence-electron chi connectivity index (χ4n) is 1.22. The maximum Gasteiger partial charge on any atom is 0.228 e. The summed E-state index contributed by atoms with van der Waals surface area (Å²) >= 11 is 13.1. The molecule has 1 heterocycles. The molecule has 0 bridgehead atoms. The van der Waals surface area contributed by atoms with E-state index in [0.717, 1.165) is 11.4 Å². The quantitative estimate of drug-likeness (QED) is 0.931. The summed E-state index contributed by atoms with van der Waals surface area (Å²) in [6.45, 7) is 2.69. The molecule has 0 aliphatic heterocycles. The summed E-state index contributed by atoms with van der Waals surface area (Å²) < 4.78 is 0. The number of hydrogen-bond acceptors (Lipinski definition) is 5. The molecular weight excluding hydrogens is 291 g/mol. The highest BCUT2D eigenvalue weighted by Crippen LogP contribution is 2.26. The third kappa shape index (κ3) is 3.73. The largest absolute Gasteiger partial charge is 0.354 e. The number of anilines is 1. The van der Waals surface area contributed by atoms with Gasteiger partial charge in [-0.15, -0.1) is 0 Å². The van der Waals surface area contributed by atoms with Crippen molar-refractivity contribution in [3.63, 3.8) is 0 Å². The van der Waals surface area contributed by atoms with Crippen LogP contribution in [0.15, 0.2) is 34.3 Å². The predicted octanol–water partition coefficient (Wildman–Crippen LogP) is 3.76. The first-order chi connectivity index (χ1) is 8.67. The molecule has 0 amide bonds. The van der Waals surface area contributed by atoms with Crippen LogP contribution >= 0.6 is 35.0 Å². The van der Waals surface area contributed by atoms with Gasteiger partial charge in [0.05, 0.1) is 0 Å². The number of nitrogens with one attached hydrogen (secondary N) is 1. The Bertz CT molecular complexity index is 533. The van der Waals surface area contributed by atoms with E-state index in [9.17, 15) is 0 Å². The molecule has 0 atom stereocenters. The zero-order chi connectivity index (χ0) is 13.0. The number of halogens is 2. The molecule has 0 spiro atoms. The van der Waals surface area contributed by atoms with Crippen molar-refractivity contribution in [2.45, 2.75) is 17.0 Å². The van der Waals surface area contributed by atoms with E-state index in [0.29, 0.717) is 16.1 Å². The molecule has 0 unspecified atom stereocenters. The van der Waals surface area contributed by atoms with Crippen LogP contribution in [0.4, 0.5) is 5.95 Å². The summed E-state index contributed by atoms with van der Waals surface area (Å²) in [4.78, 5) is 13.3. The Morgan fingerprint density at radius 1 is 1.11 bits per heavy atom. The first-order valence-electron chi connectivity index (χ1n) is 5.26. The van der Waals surface area contributed by atoms with E-state index < -0.39 is 0 Å². The van der Waals surface area contributed by atoms with Crippen LogP contribution in [-0.2, 0) is 0 Å². The van der Waals surface area contributed by atoms with Gasteiger partial charge in [0.25, 0.3) is 0 Å². The number of hydrogen-bond donors (Lipinski definition) is 1. The fraction of sp³-hybridized carbons (Fsp3) is 0.182. The SMILES string of the molecule is CCNc1nc(Cl)nc(Sc2ccc(Cl)cc2)n1. The van der Waals surface area contributed by atoms with E-state index in [-0.39, 0.29) is 5.28 Å². The van der Waals surface area contributed by atoms with Gasteiger partial charge in [-0.25, -0.2) is 0 Å². The fourth-order valence-corrected chi connectivity index (χ4v) is 2.31. The zero-order valence-corrected chi connectivity index (χ0v) is 11.9. The second kappa shape index (κ2) is 6.22. The van der Waals surface area contributed by atoms with Gasteiger partial charge < -0.3 is 5.32 Å². The van der Waals surface area contributed by atoms with E-state index in [1.807, 2.05) is 31.2 Å². The second-order valence-electron chi connectivity index (χ2n) is 3.30. The number of benzene rings is 1. The maximum absolute atomic E-state index is 5.84. The van der Waals surface area contributed by atoms with E-state index in [1.54, 1.807) is 0 Å². The summed E-state index contributed by atoms with van der Waals surface area (Å²) in [5.41, 5.74) is 0. The highest BCUT2D eigenvalue weighted by atomic mass is 35.5. The Morgan fingerprint density at radius 2 is 1.83 bits per heavy atom. The van der Waals surface area contributed by atoms with Crippen molar-refractivity contribution in [3.8, 4) is 0 Å². The molecule has 0 fully saturated rings. The number of aromatic nitrogens is 3. The Morgan fingerprint density at radius 3 is 2.50 bits per heavy atom. The topological polar surface area (TPSA) is 50.7 Å². The summed E-state index contributed by atoms with van der Waals surface area (Å²) in [6.07, 6.45) is 0. The Balaban J connectivity index is 2.20. The van der Waals surface area contributed by atoms with Gasteiger partial charge in [-0.05, 0) is 54.6 Å². The molecule has 18 heavy (non-hydrogen) atoms. The van der Waals surface area contributed by atoms with Gasteiger partial charge in [-0.3, -0.25) is 0 Å². The van der Waals surface area contributed by atoms with Crippen molar-refractivity contribution < 1.29 is 0 Å². The highest BCUT2D eigenvalue weighted by Gasteiger charge is 2.06. The summed E-state index contributed by atoms with van der Waals surface area (Å²) in [6, 6.07) is 7.44. The number of rotatable bonds is 4. The summed E-state index contributed by atoms with van der Waals surface area (Å²) in [5, 5.41) is 4.43. The van der Waals surface area contributed by atoms with Crippen LogP contribution in [0.3, 0.4) is 0 Å². The summed E-state index contributed by atoms with van der Waals surface area (Å²) in [7, 11) is 0. The third-order valence-electron chi connectivity index (χ3n) is 1.95. The van der Waals surface area contributed by atoms with Crippen LogP contribution in [0.2, 0.25) is 10.3 Å². The van der Waals surface area contributed by atoms with Crippen LogP contribution in [0.5, 0.6) is 0 Å². The molecule has 2 aromatic rings. The minimum Gasteiger partial charge on any atom is -0.354 e. The maximum atomic E-state index is 5.84. The standard InChI is InChI=1S/C11H10Cl2N4S/c1-2-14-10-15-9(13)16-11(17-10)18-8-5-3-7(12)4-6-8/h3-6H,2H2,1H3,(H,14,15,16,17). The molecule has 0 saturated carbocycles. The third-order valence-corrected chi connectivity index (χ3v) is 3.24. The average Bonchev–Trinajstić information content (AvgIpc) is 2.32. The van der Waals surface area contributed by atoms with Gasteiger partial charge in [0.2, 0.25) is 11.2 Å². The average molecular weight is 301 g/mol. The molecular formula is C11H10Cl2N4S. The van der Waals surface area contributed by atoms with Gasteiger partial charge in [0.1, 0.15) is 0 Å². The van der Waals surface area contributed by atoms with Gasteiger partial charge in [0, 0.05) is 16.5 Å². The minimum absolute atomic E-state index is 0.178. The molecule has 2 rings (SSSR count). The van der Waals surface area contributed by atoms with Crippen LogP contribution in [-0.4, -0.2) is 21.5 Å². The molecule has 0 radical (unpaired) electrons. The molecule has 1 aromatic carbocycles. The van der Waals surface area contributed by atoms with Gasteiger partial charge in [-0.2, -0.15) is 15.0 Å². The second-order valence-corrected chi connectivity index (χ2v) is 5.11. The molecule has 4 nitrogen and oxygen atoms in total. The lowest BCUT2D eigenvalue weighted by Crippen LogP contribution is -2.04. The van der Waals surface area contributed by atoms with Crippen LogP contribution in [0, 0.1) is 0 Å². The molecule has 0 aliphatic rings. The van der Waals surface area contributed by atoms with E-state index in [1.165, 1.54) is 11.8 Å². The lowest BCUT2D eigenvalue weighted by atomic mass is 10.4. The Labute approximate surface area is 119 Å². The zero-order valence-electron chi connectivity index (χ0n) is 9.52. The molecule has 94 valence electrons. The first kappa shape index (κ1) is 13.4. The normalized spacial score (nSPS) is 10.4. The van der Waals surface area contributed by atoms with E-state index >= 15 is 0 Å². The molecule has 0 saturated heterocycles.